The maximum atomic E-state index is 16.0. The van der Waals surface area contributed by atoms with Gasteiger partial charge >= 0.3 is 6.18 Å². The van der Waals surface area contributed by atoms with Gasteiger partial charge in [-0.2, -0.15) is 13.2 Å². The van der Waals surface area contributed by atoms with Crippen LogP contribution in [0, 0.1) is 11.2 Å². The van der Waals surface area contributed by atoms with Gasteiger partial charge in [0.25, 0.3) is 0 Å². The van der Waals surface area contributed by atoms with Gasteiger partial charge in [0.05, 0.1) is 24.0 Å². The van der Waals surface area contributed by atoms with Crippen LogP contribution in [0.15, 0.2) is 66.9 Å². The molecule has 0 amide bonds. The van der Waals surface area contributed by atoms with E-state index in [0.717, 1.165) is 6.07 Å². The van der Waals surface area contributed by atoms with Crippen LogP contribution in [0.3, 0.4) is 0 Å². The Balaban J connectivity index is 1.85. The van der Waals surface area contributed by atoms with Crippen molar-refractivity contribution in [2.24, 2.45) is 5.73 Å². The Kier molecular flexibility index (Phi) is 8.32. The molecule has 0 aliphatic carbocycles. The van der Waals surface area contributed by atoms with Gasteiger partial charge in [-0.3, -0.25) is 5.41 Å². The van der Waals surface area contributed by atoms with Crippen LogP contribution in [0.25, 0.3) is 11.3 Å². The summed E-state index contributed by atoms with van der Waals surface area (Å²) in [7, 11) is 0. The van der Waals surface area contributed by atoms with Gasteiger partial charge in [0.1, 0.15) is 23.5 Å². The number of imidazole rings is 1. The second kappa shape index (κ2) is 11.7. The van der Waals surface area contributed by atoms with Crippen molar-refractivity contribution in [3.63, 3.8) is 0 Å². The summed E-state index contributed by atoms with van der Waals surface area (Å²) < 4.78 is 68.4. The van der Waals surface area contributed by atoms with Gasteiger partial charge in [-0.15, -0.1) is 0 Å². The lowest BCUT2D eigenvalue weighted by Gasteiger charge is -2.22. The SMILES string of the molecule is CCOc1cc(OC(C)C)c(F)c(C(Nc2ccc(C(=N)N)cc2)c2nc(-c3ccccc3C(F)(F)F)c[nH]2)c1. The smallest absolute Gasteiger partial charge is 0.417 e. The molecule has 0 bridgehead atoms. The number of alkyl halides is 3. The second-order valence-electron chi connectivity index (χ2n) is 9.21. The molecule has 0 radical (unpaired) electrons. The summed E-state index contributed by atoms with van der Waals surface area (Å²) in [5.74, 6) is -0.325. The molecule has 1 atom stereocenters. The van der Waals surface area contributed by atoms with E-state index >= 15 is 4.39 Å². The van der Waals surface area contributed by atoms with Crippen LogP contribution in [-0.4, -0.2) is 28.5 Å². The average Bonchev–Trinajstić information content (AvgIpc) is 3.39. The number of amidine groups is 1. The van der Waals surface area contributed by atoms with Crippen LogP contribution in [0.5, 0.6) is 11.5 Å². The number of H-pyrrole nitrogens is 1. The average molecular weight is 556 g/mol. The third-order valence-corrected chi connectivity index (χ3v) is 5.91. The van der Waals surface area contributed by atoms with E-state index in [4.69, 9.17) is 20.6 Å². The summed E-state index contributed by atoms with van der Waals surface area (Å²) in [5, 5.41) is 10.8. The van der Waals surface area contributed by atoms with Gasteiger partial charge in [-0.1, -0.05) is 18.2 Å². The maximum Gasteiger partial charge on any atom is 0.417 e. The number of halogens is 4. The Hall–Kier alpha value is -4.54. The quantitative estimate of drug-likeness (QED) is 0.0966. The number of benzene rings is 3. The van der Waals surface area contributed by atoms with Crippen molar-refractivity contribution in [2.75, 3.05) is 11.9 Å². The summed E-state index contributed by atoms with van der Waals surface area (Å²) in [5.41, 5.74) is 5.76. The molecule has 7 nitrogen and oxygen atoms in total. The lowest BCUT2D eigenvalue weighted by atomic mass is 10.0. The zero-order valence-corrected chi connectivity index (χ0v) is 22.1. The molecule has 0 aliphatic heterocycles. The lowest BCUT2D eigenvalue weighted by Crippen LogP contribution is -2.18. The number of nitrogens with zero attached hydrogens (tertiary/aromatic N) is 1. The van der Waals surface area contributed by atoms with E-state index < -0.39 is 23.6 Å². The first-order valence-electron chi connectivity index (χ1n) is 12.5. The zero-order chi connectivity index (χ0) is 29.0. The molecular weight excluding hydrogens is 526 g/mol. The summed E-state index contributed by atoms with van der Waals surface area (Å²) in [4.78, 5) is 7.39. The predicted molar refractivity (Wildman–Crippen MR) is 145 cm³/mol. The zero-order valence-electron chi connectivity index (χ0n) is 22.1. The molecule has 5 N–H and O–H groups in total. The molecule has 4 aromatic rings. The molecule has 40 heavy (non-hydrogen) atoms. The minimum absolute atomic E-state index is 0.0381. The van der Waals surface area contributed by atoms with Crippen molar-refractivity contribution in [3.05, 3.63) is 95.2 Å². The number of nitrogens with one attached hydrogen (secondary N) is 3. The Morgan fingerprint density at radius 2 is 1.80 bits per heavy atom. The van der Waals surface area contributed by atoms with Crippen LogP contribution >= 0.6 is 0 Å². The number of anilines is 1. The van der Waals surface area contributed by atoms with Crippen LogP contribution in [0.1, 0.15) is 49.3 Å². The molecule has 0 saturated heterocycles. The fraction of sp³-hybridized carbons (Fsp3) is 0.241. The van der Waals surface area contributed by atoms with E-state index in [9.17, 15) is 13.2 Å². The summed E-state index contributed by atoms with van der Waals surface area (Å²) in [6.45, 7) is 5.62. The number of hydrogen-bond donors (Lipinski definition) is 4. The molecule has 4 rings (SSSR count). The summed E-state index contributed by atoms with van der Waals surface area (Å²) >= 11 is 0. The first kappa shape index (κ1) is 28.5. The highest BCUT2D eigenvalue weighted by Gasteiger charge is 2.34. The van der Waals surface area contributed by atoms with Crippen molar-refractivity contribution >= 4 is 11.5 Å². The number of aromatic amines is 1. The monoisotopic (exact) mass is 555 g/mol. The Morgan fingerprint density at radius 1 is 1.10 bits per heavy atom. The van der Waals surface area contributed by atoms with Crippen LogP contribution < -0.4 is 20.5 Å². The van der Waals surface area contributed by atoms with Crippen LogP contribution in [0.4, 0.5) is 23.2 Å². The van der Waals surface area contributed by atoms with Gasteiger partial charge in [0, 0.05) is 34.6 Å². The molecule has 0 saturated carbocycles. The Labute approximate surface area is 228 Å². The fourth-order valence-electron chi connectivity index (χ4n) is 4.18. The standard InChI is InChI=1S/C29H29F4N5O2/c1-4-39-19-13-21(25(30)24(14-19)40-16(2)3)26(37-18-11-9-17(10-12-18)27(34)35)28-36-15-23(38-28)20-7-5-6-8-22(20)29(31,32)33/h5-16,26,37H,4H2,1-3H3,(H3,34,35)(H,36,38). The fourth-order valence-corrected chi connectivity index (χ4v) is 4.18. The minimum Gasteiger partial charge on any atom is -0.494 e. The van der Waals surface area contributed by atoms with E-state index in [1.54, 1.807) is 45.0 Å². The first-order chi connectivity index (χ1) is 19.0. The number of rotatable bonds is 10. The van der Waals surface area contributed by atoms with E-state index in [1.807, 2.05) is 0 Å². The largest absolute Gasteiger partial charge is 0.494 e. The van der Waals surface area contributed by atoms with Gasteiger partial charge in [0.2, 0.25) is 0 Å². The molecular formula is C29H29F4N5O2. The topological polar surface area (TPSA) is 109 Å². The number of nitrogens with two attached hydrogens (primary N) is 1. The van der Waals surface area contributed by atoms with Crippen LogP contribution in [0.2, 0.25) is 0 Å². The number of hydrogen-bond acceptors (Lipinski definition) is 5. The number of aromatic nitrogens is 2. The molecule has 210 valence electrons. The van der Waals surface area contributed by atoms with Crippen molar-refractivity contribution in [1.82, 2.24) is 9.97 Å². The van der Waals surface area contributed by atoms with E-state index in [0.29, 0.717) is 23.6 Å². The van der Waals surface area contributed by atoms with Gasteiger partial charge in [-0.05, 0) is 57.2 Å². The third kappa shape index (κ3) is 6.36. The van der Waals surface area contributed by atoms with Gasteiger partial charge in [0.15, 0.2) is 11.6 Å². The second-order valence-corrected chi connectivity index (χ2v) is 9.21. The lowest BCUT2D eigenvalue weighted by molar-refractivity contribution is -0.137. The predicted octanol–water partition coefficient (Wildman–Crippen LogP) is 6.91. The maximum absolute atomic E-state index is 16.0. The van der Waals surface area contributed by atoms with Gasteiger partial charge in [-0.25, -0.2) is 9.37 Å². The van der Waals surface area contributed by atoms with E-state index in [1.165, 1.54) is 36.5 Å². The van der Waals surface area contributed by atoms with E-state index in [-0.39, 0.29) is 40.3 Å². The molecule has 0 fully saturated rings. The number of nitrogen functional groups attached to an aromatic ring is 1. The highest BCUT2D eigenvalue weighted by atomic mass is 19.4. The molecule has 0 spiro atoms. The minimum atomic E-state index is -4.59. The summed E-state index contributed by atoms with van der Waals surface area (Å²) in [6.07, 6.45) is -3.57. The van der Waals surface area contributed by atoms with Crippen molar-refractivity contribution in [1.29, 1.82) is 5.41 Å². The van der Waals surface area contributed by atoms with Crippen LogP contribution in [-0.2, 0) is 6.18 Å². The van der Waals surface area contributed by atoms with Crippen molar-refractivity contribution < 1.29 is 27.0 Å². The summed E-state index contributed by atoms with van der Waals surface area (Å²) in [6, 6.07) is 13.6. The van der Waals surface area contributed by atoms with Crippen molar-refractivity contribution in [3.8, 4) is 22.8 Å². The molecule has 11 heteroatoms. The Morgan fingerprint density at radius 3 is 2.42 bits per heavy atom. The van der Waals surface area contributed by atoms with Gasteiger partial charge < -0.3 is 25.5 Å². The third-order valence-electron chi connectivity index (χ3n) is 5.91. The highest BCUT2D eigenvalue weighted by molar-refractivity contribution is 5.95. The van der Waals surface area contributed by atoms with Crippen molar-refractivity contribution in [2.45, 2.75) is 39.1 Å². The Bertz CT molecular complexity index is 1480. The highest BCUT2D eigenvalue weighted by Crippen LogP contribution is 2.39. The molecule has 1 heterocycles. The van der Waals surface area contributed by atoms with E-state index in [2.05, 4.69) is 15.3 Å². The first-order valence-corrected chi connectivity index (χ1v) is 12.5. The normalized spacial score (nSPS) is 12.3. The molecule has 1 unspecified atom stereocenters. The molecule has 0 aliphatic rings. The molecule has 3 aromatic carbocycles. The number of ether oxygens (including phenoxy) is 2. The molecule has 1 aromatic heterocycles.